The fraction of sp³-hybridized carbons (Fsp3) is 0.625. The number of H-pyrrole nitrogens is 1. The highest BCUT2D eigenvalue weighted by atomic mass is 35.5. The first kappa shape index (κ1) is 25.2. The smallest absolute Gasteiger partial charge is 0.253 e. The number of ether oxygens (including phenoxy) is 1. The molecule has 0 radical (unpaired) electrons. The molecular formula is C24H32ClF2N7O2. The van der Waals surface area contributed by atoms with Gasteiger partial charge in [0.15, 0.2) is 0 Å². The molecule has 4 heterocycles. The minimum atomic E-state index is -2.69. The van der Waals surface area contributed by atoms with E-state index in [1.54, 1.807) is 0 Å². The number of hydrogen-bond acceptors (Lipinski definition) is 7. The molecule has 0 bridgehead atoms. The van der Waals surface area contributed by atoms with E-state index in [0.29, 0.717) is 30.1 Å². The predicted octanol–water partition coefficient (Wildman–Crippen LogP) is 2.58. The molecule has 0 spiro atoms. The number of morpholine rings is 1. The highest BCUT2D eigenvalue weighted by Crippen LogP contribution is 2.30. The van der Waals surface area contributed by atoms with E-state index in [1.165, 1.54) is 4.90 Å². The number of rotatable bonds is 5. The molecule has 1 amide bonds. The van der Waals surface area contributed by atoms with Crippen LogP contribution in [0, 0.1) is 0 Å². The molecular weight excluding hydrogens is 492 g/mol. The van der Waals surface area contributed by atoms with E-state index in [4.69, 9.17) is 22.1 Å². The summed E-state index contributed by atoms with van der Waals surface area (Å²) in [5.74, 6) is -1.92. The van der Waals surface area contributed by atoms with Gasteiger partial charge in [-0.2, -0.15) is 0 Å². The number of halogens is 3. The lowest BCUT2D eigenvalue weighted by Gasteiger charge is -2.47. The van der Waals surface area contributed by atoms with Crippen LogP contribution in [0.2, 0.25) is 5.02 Å². The maximum atomic E-state index is 13.6. The zero-order chi connectivity index (χ0) is 25.3. The summed E-state index contributed by atoms with van der Waals surface area (Å²) in [5.41, 5.74) is 6.84. The molecule has 9 nitrogen and oxygen atoms in total. The van der Waals surface area contributed by atoms with Gasteiger partial charge in [0.2, 0.25) is 11.9 Å². The summed E-state index contributed by atoms with van der Waals surface area (Å²) in [4.78, 5) is 22.3. The largest absolute Gasteiger partial charge is 0.368 e. The van der Waals surface area contributed by atoms with E-state index in [2.05, 4.69) is 25.0 Å². The Kier molecular flexibility index (Phi) is 7.32. The highest BCUT2D eigenvalue weighted by Gasteiger charge is 2.42. The van der Waals surface area contributed by atoms with E-state index in [0.717, 1.165) is 37.9 Å². The number of aromatic nitrogens is 3. The third-order valence-corrected chi connectivity index (χ3v) is 7.78. The van der Waals surface area contributed by atoms with E-state index < -0.39 is 12.0 Å². The number of amides is 1. The van der Waals surface area contributed by atoms with Gasteiger partial charge in [-0.05, 0) is 37.0 Å². The van der Waals surface area contributed by atoms with Crippen molar-refractivity contribution < 1.29 is 18.3 Å². The Balaban J connectivity index is 1.27. The van der Waals surface area contributed by atoms with Crippen molar-refractivity contribution in [3.8, 4) is 0 Å². The van der Waals surface area contributed by atoms with Crippen molar-refractivity contribution in [1.29, 1.82) is 0 Å². The maximum Gasteiger partial charge on any atom is 0.253 e. The second kappa shape index (κ2) is 10.5. The lowest BCUT2D eigenvalue weighted by atomic mass is 9.96. The number of nitrogens with zero attached hydrogens (tertiary/aromatic N) is 5. The zero-order valence-corrected chi connectivity index (χ0v) is 20.8. The van der Waals surface area contributed by atoms with Gasteiger partial charge in [0.1, 0.15) is 6.10 Å². The summed E-state index contributed by atoms with van der Waals surface area (Å²) in [7, 11) is 0. The van der Waals surface area contributed by atoms with Crippen LogP contribution >= 0.6 is 11.6 Å². The number of piperidine rings is 2. The molecule has 0 aliphatic carbocycles. The SMILES string of the molecule is Nc1nnc(N2CCC(N3CC(C(=O)N4CCC(F)(F)CC4)OCC3Cc3ccc(Cl)cc3)CC2)[nH]1. The lowest BCUT2D eigenvalue weighted by molar-refractivity contribution is -0.160. The van der Waals surface area contributed by atoms with Gasteiger partial charge in [0.05, 0.1) is 6.61 Å². The number of carbonyl (C=O) groups is 1. The molecule has 0 saturated carbocycles. The average molecular weight is 524 g/mol. The number of carbonyl (C=O) groups excluding carboxylic acids is 1. The summed E-state index contributed by atoms with van der Waals surface area (Å²) in [6, 6.07) is 8.14. The van der Waals surface area contributed by atoms with E-state index in [-0.39, 0.29) is 43.9 Å². The van der Waals surface area contributed by atoms with Crippen LogP contribution in [0.3, 0.4) is 0 Å². The fourth-order valence-corrected chi connectivity index (χ4v) is 5.58. The third kappa shape index (κ3) is 5.73. The summed E-state index contributed by atoms with van der Waals surface area (Å²) in [6.45, 7) is 2.55. The van der Waals surface area contributed by atoms with Gasteiger partial charge in [0, 0.05) is 62.7 Å². The fourth-order valence-electron chi connectivity index (χ4n) is 5.46. The molecule has 1 aromatic heterocycles. The molecule has 2 atom stereocenters. The zero-order valence-electron chi connectivity index (χ0n) is 20.1. The molecule has 12 heteroatoms. The van der Waals surface area contributed by atoms with Crippen molar-refractivity contribution in [2.24, 2.45) is 0 Å². The molecule has 3 aliphatic rings. The first-order valence-corrected chi connectivity index (χ1v) is 12.9. The van der Waals surface area contributed by atoms with Gasteiger partial charge in [0.25, 0.3) is 11.8 Å². The Hall–Kier alpha value is -2.50. The number of aromatic amines is 1. The number of likely N-dealkylation sites (tertiary alicyclic amines) is 1. The molecule has 36 heavy (non-hydrogen) atoms. The molecule has 3 aliphatic heterocycles. The average Bonchev–Trinajstić information content (AvgIpc) is 3.31. The van der Waals surface area contributed by atoms with Crippen LogP contribution in [0.1, 0.15) is 31.2 Å². The number of hydrogen-bond donors (Lipinski definition) is 2. The lowest BCUT2D eigenvalue weighted by Crippen LogP contribution is -2.60. The van der Waals surface area contributed by atoms with E-state index in [1.807, 2.05) is 24.3 Å². The van der Waals surface area contributed by atoms with Crippen LogP contribution in [0.15, 0.2) is 24.3 Å². The number of anilines is 2. The van der Waals surface area contributed by atoms with Crippen molar-refractivity contribution in [3.05, 3.63) is 34.9 Å². The van der Waals surface area contributed by atoms with Crippen LogP contribution in [-0.2, 0) is 16.0 Å². The summed E-state index contributed by atoms with van der Waals surface area (Å²) in [5, 5.41) is 8.64. The molecule has 5 rings (SSSR count). The predicted molar refractivity (Wildman–Crippen MR) is 132 cm³/mol. The molecule has 196 valence electrons. The van der Waals surface area contributed by atoms with Crippen LogP contribution in [-0.4, -0.2) is 94.3 Å². The quantitative estimate of drug-likeness (QED) is 0.621. The van der Waals surface area contributed by atoms with Gasteiger partial charge in [-0.3, -0.25) is 14.7 Å². The normalized spacial score (nSPS) is 25.8. The van der Waals surface area contributed by atoms with Gasteiger partial charge in [-0.1, -0.05) is 23.7 Å². The monoisotopic (exact) mass is 523 g/mol. The van der Waals surface area contributed by atoms with Gasteiger partial charge < -0.3 is 20.3 Å². The van der Waals surface area contributed by atoms with Crippen molar-refractivity contribution in [1.82, 2.24) is 25.0 Å². The molecule has 3 N–H and O–H groups in total. The molecule has 2 unspecified atom stereocenters. The number of nitrogens with two attached hydrogens (primary N) is 1. The van der Waals surface area contributed by atoms with Gasteiger partial charge in [-0.25, -0.2) is 8.78 Å². The summed E-state index contributed by atoms with van der Waals surface area (Å²) in [6.07, 6.45) is 1.30. The second-order valence-corrected chi connectivity index (χ2v) is 10.4. The van der Waals surface area contributed by atoms with Crippen LogP contribution in [0.25, 0.3) is 0 Å². The number of alkyl halides is 2. The topological polar surface area (TPSA) is 104 Å². The van der Waals surface area contributed by atoms with Crippen molar-refractivity contribution in [3.63, 3.8) is 0 Å². The summed E-state index contributed by atoms with van der Waals surface area (Å²) < 4.78 is 33.3. The minimum absolute atomic E-state index is 0.0681. The Morgan fingerprint density at radius 2 is 1.83 bits per heavy atom. The van der Waals surface area contributed by atoms with Gasteiger partial charge >= 0.3 is 0 Å². The molecule has 2 aromatic rings. The minimum Gasteiger partial charge on any atom is -0.368 e. The molecule has 3 fully saturated rings. The van der Waals surface area contributed by atoms with Crippen LogP contribution in [0.5, 0.6) is 0 Å². The molecule has 3 saturated heterocycles. The second-order valence-electron chi connectivity index (χ2n) is 9.94. The third-order valence-electron chi connectivity index (χ3n) is 7.53. The van der Waals surface area contributed by atoms with Gasteiger partial charge in [-0.15, -0.1) is 10.2 Å². The van der Waals surface area contributed by atoms with Crippen molar-refractivity contribution in [2.75, 3.05) is 50.0 Å². The highest BCUT2D eigenvalue weighted by molar-refractivity contribution is 6.30. The van der Waals surface area contributed by atoms with Crippen LogP contribution < -0.4 is 10.6 Å². The first-order valence-electron chi connectivity index (χ1n) is 12.5. The van der Waals surface area contributed by atoms with E-state index in [9.17, 15) is 13.6 Å². The van der Waals surface area contributed by atoms with Crippen molar-refractivity contribution >= 4 is 29.4 Å². The summed E-state index contributed by atoms with van der Waals surface area (Å²) >= 11 is 6.07. The number of nitrogens with one attached hydrogen (secondary N) is 1. The Labute approximate surface area is 213 Å². The maximum absolute atomic E-state index is 13.6. The standard InChI is InChI=1S/C24H32ClF2N7O2/c25-17-3-1-16(2-4-17)13-19-15-36-20(21(35)32-11-7-24(26,27)8-12-32)14-34(19)18-5-9-33(10-6-18)23-29-22(28)30-31-23/h1-4,18-20H,5-15H2,(H3,28,29,30,31). The Morgan fingerprint density at radius 1 is 1.14 bits per heavy atom. The number of nitrogen functional groups attached to an aromatic ring is 1. The first-order chi connectivity index (χ1) is 17.3. The van der Waals surface area contributed by atoms with E-state index >= 15 is 0 Å². The Bertz CT molecular complexity index is 1040. The van der Waals surface area contributed by atoms with Crippen molar-refractivity contribution in [2.45, 2.75) is 56.2 Å². The van der Waals surface area contributed by atoms with Crippen LogP contribution in [0.4, 0.5) is 20.7 Å². The molecule has 1 aromatic carbocycles. The Morgan fingerprint density at radius 3 is 2.47 bits per heavy atom. The number of benzene rings is 1.